The van der Waals surface area contributed by atoms with Gasteiger partial charge in [0.1, 0.15) is 12.6 Å². The number of rotatable bonds is 20. The number of unbranched alkanes of at least 4 members (excludes halogenated alkanes) is 14. The van der Waals surface area contributed by atoms with Crippen molar-refractivity contribution in [2.75, 3.05) is 27.1 Å². The minimum Gasteiger partial charge on any atom is -0.481 e. The quantitative estimate of drug-likeness (QED) is 0.205. The first kappa shape index (κ1) is 21.1. The topological polar surface area (TPSA) is 57.5 Å². The van der Waals surface area contributed by atoms with Crippen LogP contribution in [-0.4, -0.2) is 53.9 Å². The maximum Gasteiger partial charge on any atom is 0.306 e. The van der Waals surface area contributed by atoms with Gasteiger partial charge in [-0.15, -0.1) is 0 Å². The largest absolute Gasteiger partial charge is 0.481 e. The molecule has 0 amide bonds. The van der Waals surface area contributed by atoms with Crippen LogP contribution in [0, 0.1) is 0 Å². The zero-order valence-corrected chi connectivity index (χ0v) is 18.3. The van der Waals surface area contributed by atoms with Crippen molar-refractivity contribution in [3.8, 4) is 0 Å². The molecule has 0 aromatic heterocycles. The average Bonchev–Trinajstić information content (AvgIpc) is 2.63. The Balaban J connectivity index is 3.79. The van der Waals surface area contributed by atoms with E-state index in [0.717, 1.165) is 19.3 Å². The fourth-order valence-electron chi connectivity index (χ4n) is 3.47. The lowest BCUT2D eigenvalue weighted by Gasteiger charge is -2.31. The van der Waals surface area contributed by atoms with Crippen LogP contribution in [0.5, 0.6) is 0 Å². The number of carboxylic acids is 1. The van der Waals surface area contributed by atoms with Gasteiger partial charge in [-0.05, 0) is 12.8 Å². The van der Waals surface area contributed by atoms with Crippen LogP contribution in [0.3, 0.4) is 0 Å². The molecule has 0 fully saturated rings. The van der Waals surface area contributed by atoms with E-state index >= 15 is 0 Å². The lowest BCUT2D eigenvalue weighted by atomic mass is 10.0. The van der Waals surface area contributed by atoms with Gasteiger partial charge in [0.05, 0.1) is 31.2 Å². The molecule has 0 spiro atoms. The molecule has 1 unspecified atom stereocenters. The SMILES string of the molecule is [2H]C(O)(CC(=O)O)C([2H])([2H])[N+](C)(C)CCCCCCCCCCCCCCCCC. The maximum atomic E-state index is 10.8. The Kier molecular flexibility index (Phi) is 13.7. The maximum absolute atomic E-state index is 10.8. The molecular weight excluding hydrogens is 338 g/mol. The van der Waals surface area contributed by atoms with E-state index in [0.29, 0.717) is 6.54 Å². The van der Waals surface area contributed by atoms with E-state index < -0.39 is 25.0 Å². The Morgan fingerprint density at radius 3 is 1.59 bits per heavy atom. The van der Waals surface area contributed by atoms with Crippen molar-refractivity contribution in [1.29, 1.82) is 0 Å². The molecule has 0 heterocycles. The van der Waals surface area contributed by atoms with Crippen LogP contribution in [-0.2, 0) is 4.79 Å². The summed E-state index contributed by atoms with van der Waals surface area (Å²) in [5.74, 6) is -1.37. The van der Waals surface area contributed by atoms with Crippen LogP contribution in [0.1, 0.15) is 114 Å². The molecule has 4 nitrogen and oxygen atoms in total. The summed E-state index contributed by atoms with van der Waals surface area (Å²) in [6.07, 6.45) is 15.3. The van der Waals surface area contributed by atoms with E-state index in [1.165, 1.54) is 77.0 Å². The smallest absolute Gasteiger partial charge is 0.306 e. The van der Waals surface area contributed by atoms with E-state index in [4.69, 9.17) is 9.22 Å². The fraction of sp³-hybridized carbons (Fsp3) is 0.957. The molecule has 0 aromatic rings. The van der Waals surface area contributed by atoms with Crippen LogP contribution in [0.25, 0.3) is 0 Å². The lowest BCUT2D eigenvalue weighted by molar-refractivity contribution is -0.893. The van der Waals surface area contributed by atoms with E-state index in [-0.39, 0.29) is 4.48 Å². The number of likely N-dealkylation sites (N-methyl/N-ethyl adjacent to an activating group) is 1. The second kappa shape index (κ2) is 17.5. The highest BCUT2D eigenvalue weighted by Gasteiger charge is 2.21. The second-order valence-electron chi connectivity index (χ2n) is 8.49. The van der Waals surface area contributed by atoms with Crippen LogP contribution in [0.2, 0.25) is 0 Å². The summed E-state index contributed by atoms with van der Waals surface area (Å²) in [6, 6.07) is 0. The number of hydrogen-bond acceptors (Lipinski definition) is 2. The summed E-state index contributed by atoms with van der Waals surface area (Å²) in [5, 5.41) is 18.9. The number of nitrogens with zero attached hydrogens (tertiary/aromatic N) is 1. The zero-order valence-electron chi connectivity index (χ0n) is 21.3. The van der Waals surface area contributed by atoms with E-state index in [1.807, 2.05) is 0 Å². The molecule has 0 aromatic carbocycles. The Bertz CT molecular complexity index is 457. The van der Waals surface area contributed by atoms with Crippen molar-refractivity contribution in [1.82, 2.24) is 0 Å². The molecule has 27 heavy (non-hydrogen) atoms. The van der Waals surface area contributed by atoms with E-state index in [1.54, 1.807) is 14.1 Å². The Labute approximate surface area is 173 Å². The molecule has 4 heteroatoms. The van der Waals surface area contributed by atoms with Gasteiger partial charge in [0, 0.05) is 0 Å². The molecular formula is C23H48NO3+. The zero-order chi connectivity index (χ0) is 23.1. The van der Waals surface area contributed by atoms with Gasteiger partial charge in [0.15, 0.2) is 0 Å². The summed E-state index contributed by atoms with van der Waals surface area (Å²) in [5.41, 5.74) is 0. The van der Waals surface area contributed by atoms with Crippen LogP contribution < -0.4 is 0 Å². The normalized spacial score (nSPS) is 16.4. The predicted molar refractivity (Wildman–Crippen MR) is 115 cm³/mol. The van der Waals surface area contributed by atoms with Gasteiger partial charge in [0.25, 0.3) is 0 Å². The summed E-state index contributed by atoms with van der Waals surface area (Å²) in [4.78, 5) is 10.8. The monoisotopic (exact) mass is 389 g/mol. The molecule has 0 bridgehead atoms. The van der Waals surface area contributed by atoms with Crippen molar-refractivity contribution < 1.29 is 23.6 Å². The number of carboxylic acid groups (broad SMARTS) is 1. The third kappa shape index (κ3) is 19.9. The van der Waals surface area contributed by atoms with Crippen molar-refractivity contribution in [2.24, 2.45) is 0 Å². The first-order chi connectivity index (χ1) is 14.0. The Hall–Kier alpha value is -0.610. The Morgan fingerprint density at radius 2 is 1.22 bits per heavy atom. The highest BCUT2D eigenvalue weighted by atomic mass is 16.4. The summed E-state index contributed by atoms with van der Waals surface area (Å²) in [7, 11) is 3.23. The molecule has 162 valence electrons. The number of quaternary nitrogens is 1. The molecule has 0 aliphatic heterocycles. The first-order valence-electron chi connectivity index (χ1n) is 12.7. The van der Waals surface area contributed by atoms with Crippen molar-refractivity contribution in [3.05, 3.63) is 0 Å². The lowest BCUT2D eigenvalue weighted by Crippen LogP contribution is -2.46. The van der Waals surface area contributed by atoms with Crippen molar-refractivity contribution in [2.45, 2.75) is 116 Å². The van der Waals surface area contributed by atoms with Crippen molar-refractivity contribution in [3.63, 3.8) is 0 Å². The third-order valence-electron chi connectivity index (χ3n) is 5.07. The second-order valence-corrected chi connectivity index (χ2v) is 8.49. The van der Waals surface area contributed by atoms with Gasteiger partial charge >= 0.3 is 5.97 Å². The van der Waals surface area contributed by atoms with Gasteiger partial charge in [-0.2, -0.15) is 0 Å². The fourth-order valence-corrected chi connectivity index (χ4v) is 3.47. The van der Waals surface area contributed by atoms with Gasteiger partial charge in [-0.3, -0.25) is 4.79 Å². The number of aliphatic hydroxyl groups is 1. The number of aliphatic carboxylic acids is 1. The van der Waals surface area contributed by atoms with Gasteiger partial charge < -0.3 is 14.7 Å². The Morgan fingerprint density at radius 1 is 0.852 bits per heavy atom. The number of hydrogen-bond donors (Lipinski definition) is 2. The standard InChI is InChI=1S/C23H47NO3/c1-4-5-6-7-8-9-10-11-12-13-14-15-16-17-18-19-24(2,3)21-22(25)20-23(26)27/h22,25H,4-21H2,1-3H3/p+1/i21D2,22D. The molecule has 0 rings (SSSR count). The average molecular weight is 390 g/mol. The van der Waals surface area contributed by atoms with Crippen LogP contribution in [0.4, 0.5) is 0 Å². The van der Waals surface area contributed by atoms with Gasteiger partial charge in [-0.1, -0.05) is 90.4 Å². The molecule has 0 aliphatic rings. The highest BCUT2D eigenvalue weighted by molar-refractivity contribution is 5.67. The van der Waals surface area contributed by atoms with Gasteiger partial charge in [-0.25, -0.2) is 0 Å². The summed E-state index contributed by atoms with van der Waals surface area (Å²) in [6.45, 7) is 0.358. The van der Waals surface area contributed by atoms with Gasteiger partial charge in [0.2, 0.25) is 0 Å². The summed E-state index contributed by atoms with van der Waals surface area (Å²) >= 11 is 0. The van der Waals surface area contributed by atoms with Crippen LogP contribution >= 0.6 is 0 Å². The minimum absolute atomic E-state index is 0.223. The molecule has 2 N–H and O–H groups in total. The van der Waals surface area contributed by atoms with Crippen molar-refractivity contribution >= 4 is 5.97 Å². The van der Waals surface area contributed by atoms with E-state index in [2.05, 4.69) is 6.92 Å². The number of carbonyl (C=O) groups is 1. The molecule has 0 aliphatic carbocycles. The molecule has 0 saturated heterocycles. The molecule has 1 atom stereocenters. The van der Waals surface area contributed by atoms with Crippen LogP contribution in [0.15, 0.2) is 0 Å². The molecule has 0 saturated carbocycles. The highest BCUT2D eigenvalue weighted by Crippen LogP contribution is 2.14. The molecule has 0 radical (unpaired) electrons. The predicted octanol–water partition coefficient (Wildman–Crippen LogP) is 5.77. The minimum atomic E-state index is -2.65. The summed E-state index contributed by atoms with van der Waals surface area (Å²) < 4.78 is 23.9. The first-order valence-corrected chi connectivity index (χ1v) is 11.2. The third-order valence-corrected chi connectivity index (χ3v) is 5.07. The van der Waals surface area contributed by atoms with E-state index in [9.17, 15) is 9.90 Å².